The highest BCUT2D eigenvalue weighted by Gasteiger charge is 2.08. The standard InChI is InChI=1S/C23H24N2O5/c1-27-19-12-13-20(28-2)16(14-19)15-24-23(26)25-17-8-10-18(11-9-17)30-22-7-5-4-6-21(22)29-3/h4-14H,15H2,1-3H3,(H2,24,25,26). The Morgan fingerprint density at radius 3 is 2.10 bits per heavy atom. The number of carbonyl (C=O) groups is 1. The molecule has 0 aliphatic rings. The van der Waals surface area contributed by atoms with Crippen molar-refractivity contribution in [2.45, 2.75) is 6.54 Å². The Bertz CT molecular complexity index is 989. The third-order valence-corrected chi connectivity index (χ3v) is 4.34. The quantitative estimate of drug-likeness (QED) is 0.558. The lowest BCUT2D eigenvalue weighted by molar-refractivity contribution is 0.251. The smallest absolute Gasteiger partial charge is 0.319 e. The normalized spacial score (nSPS) is 10.1. The van der Waals surface area contributed by atoms with Crippen LogP contribution in [0.1, 0.15) is 5.56 Å². The molecule has 0 aromatic heterocycles. The van der Waals surface area contributed by atoms with Crippen molar-refractivity contribution in [3.63, 3.8) is 0 Å². The van der Waals surface area contributed by atoms with Crippen LogP contribution >= 0.6 is 0 Å². The van der Waals surface area contributed by atoms with Gasteiger partial charge in [0.1, 0.15) is 17.2 Å². The number of methoxy groups -OCH3 is 3. The summed E-state index contributed by atoms with van der Waals surface area (Å²) in [5.41, 5.74) is 1.45. The summed E-state index contributed by atoms with van der Waals surface area (Å²) >= 11 is 0. The molecule has 0 saturated carbocycles. The van der Waals surface area contributed by atoms with Crippen LogP contribution in [0.2, 0.25) is 0 Å². The van der Waals surface area contributed by atoms with Crippen LogP contribution in [0.5, 0.6) is 28.7 Å². The fourth-order valence-electron chi connectivity index (χ4n) is 2.81. The van der Waals surface area contributed by atoms with Crippen LogP contribution in [0.15, 0.2) is 66.7 Å². The van der Waals surface area contributed by atoms with E-state index in [4.69, 9.17) is 18.9 Å². The molecule has 0 heterocycles. The number of nitrogens with one attached hydrogen (secondary N) is 2. The maximum atomic E-state index is 12.3. The number of hydrogen-bond donors (Lipinski definition) is 2. The fraction of sp³-hybridized carbons (Fsp3) is 0.174. The number of amides is 2. The van der Waals surface area contributed by atoms with Gasteiger partial charge in [-0.3, -0.25) is 0 Å². The molecule has 2 amide bonds. The second kappa shape index (κ2) is 10.1. The summed E-state index contributed by atoms with van der Waals surface area (Å²) in [4.78, 5) is 12.3. The molecule has 7 heteroatoms. The van der Waals surface area contributed by atoms with E-state index in [0.717, 1.165) is 5.56 Å². The van der Waals surface area contributed by atoms with E-state index in [2.05, 4.69) is 10.6 Å². The highest BCUT2D eigenvalue weighted by atomic mass is 16.5. The lowest BCUT2D eigenvalue weighted by Crippen LogP contribution is -2.28. The predicted octanol–water partition coefficient (Wildman–Crippen LogP) is 4.83. The van der Waals surface area contributed by atoms with E-state index in [9.17, 15) is 4.79 Å². The topological polar surface area (TPSA) is 78.1 Å². The number of rotatable bonds is 8. The van der Waals surface area contributed by atoms with Gasteiger partial charge in [-0.05, 0) is 54.6 Å². The first kappa shape index (κ1) is 20.9. The predicted molar refractivity (Wildman–Crippen MR) is 115 cm³/mol. The Balaban J connectivity index is 1.57. The number of carbonyl (C=O) groups excluding carboxylic acids is 1. The molecule has 7 nitrogen and oxygen atoms in total. The van der Waals surface area contributed by atoms with Gasteiger partial charge < -0.3 is 29.6 Å². The van der Waals surface area contributed by atoms with Gasteiger partial charge in [0, 0.05) is 17.8 Å². The first-order valence-corrected chi connectivity index (χ1v) is 9.29. The molecule has 0 unspecified atom stereocenters. The fourth-order valence-corrected chi connectivity index (χ4v) is 2.81. The first-order valence-electron chi connectivity index (χ1n) is 9.29. The average Bonchev–Trinajstić information content (AvgIpc) is 2.79. The summed E-state index contributed by atoms with van der Waals surface area (Å²) in [7, 11) is 4.77. The molecule has 0 radical (unpaired) electrons. The van der Waals surface area contributed by atoms with Crippen molar-refractivity contribution in [1.82, 2.24) is 5.32 Å². The zero-order valence-corrected chi connectivity index (χ0v) is 17.1. The van der Waals surface area contributed by atoms with E-state index in [-0.39, 0.29) is 6.03 Å². The summed E-state index contributed by atoms with van der Waals surface area (Å²) in [5, 5.41) is 5.60. The molecule has 0 fully saturated rings. The van der Waals surface area contributed by atoms with Crippen molar-refractivity contribution in [2.24, 2.45) is 0 Å². The van der Waals surface area contributed by atoms with Crippen molar-refractivity contribution in [3.05, 3.63) is 72.3 Å². The van der Waals surface area contributed by atoms with Crippen molar-refractivity contribution in [2.75, 3.05) is 26.6 Å². The van der Waals surface area contributed by atoms with Gasteiger partial charge in [0.05, 0.1) is 21.3 Å². The molecule has 0 bridgehead atoms. The molecule has 0 aliphatic carbocycles. The molecular formula is C23H24N2O5. The van der Waals surface area contributed by atoms with Crippen LogP contribution in [-0.4, -0.2) is 27.4 Å². The highest BCUT2D eigenvalue weighted by molar-refractivity contribution is 5.89. The van der Waals surface area contributed by atoms with Crippen molar-refractivity contribution in [3.8, 4) is 28.7 Å². The monoisotopic (exact) mass is 408 g/mol. The van der Waals surface area contributed by atoms with Crippen molar-refractivity contribution in [1.29, 1.82) is 0 Å². The summed E-state index contributed by atoms with van der Waals surface area (Å²) in [6.45, 7) is 0.293. The Labute approximate surface area is 175 Å². The minimum Gasteiger partial charge on any atom is -0.497 e. The third-order valence-electron chi connectivity index (χ3n) is 4.34. The molecule has 30 heavy (non-hydrogen) atoms. The Hall–Kier alpha value is -3.87. The first-order chi connectivity index (χ1) is 14.6. The number of urea groups is 1. The molecule has 156 valence electrons. The Morgan fingerprint density at radius 2 is 1.43 bits per heavy atom. The van der Waals surface area contributed by atoms with E-state index in [1.165, 1.54) is 0 Å². The lowest BCUT2D eigenvalue weighted by Gasteiger charge is -2.13. The SMILES string of the molecule is COc1ccc(OC)c(CNC(=O)Nc2ccc(Oc3ccccc3OC)cc2)c1. The van der Waals surface area contributed by atoms with E-state index in [1.807, 2.05) is 30.3 Å². The number of anilines is 1. The third kappa shape index (κ3) is 5.35. The van der Waals surface area contributed by atoms with Crippen LogP contribution in [-0.2, 0) is 6.54 Å². The maximum Gasteiger partial charge on any atom is 0.319 e. The molecule has 3 rings (SSSR count). The molecule has 3 aromatic carbocycles. The van der Waals surface area contributed by atoms with E-state index < -0.39 is 0 Å². The second-order valence-corrected chi connectivity index (χ2v) is 6.26. The summed E-state index contributed by atoms with van der Waals surface area (Å²) in [5.74, 6) is 3.26. The van der Waals surface area contributed by atoms with Gasteiger partial charge in [0.25, 0.3) is 0 Å². The van der Waals surface area contributed by atoms with Crippen LogP contribution < -0.4 is 29.6 Å². The van der Waals surface area contributed by atoms with Gasteiger partial charge in [-0.15, -0.1) is 0 Å². The van der Waals surface area contributed by atoms with Crippen LogP contribution in [0.25, 0.3) is 0 Å². The molecule has 2 N–H and O–H groups in total. The van der Waals surface area contributed by atoms with Gasteiger partial charge >= 0.3 is 6.03 Å². The van der Waals surface area contributed by atoms with Gasteiger partial charge in [0.15, 0.2) is 11.5 Å². The molecule has 0 saturated heterocycles. The number of benzene rings is 3. The average molecular weight is 408 g/mol. The van der Waals surface area contributed by atoms with Gasteiger partial charge in [0.2, 0.25) is 0 Å². The van der Waals surface area contributed by atoms with Crippen LogP contribution in [0, 0.1) is 0 Å². The molecule has 0 atom stereocenters. The number of para-hydroxylation sites is 2. The zero-order chi connectivity index (χ0) is 21.3. The summed E-state index contributed by atoms with van der Waals surface area (Å²) < 4.78 is 21.7. The Kier molecular flexibility index (Phi) is 7.00. The summed E-state index contributed by atoms with van der Waals surface area (Å²) in [6.07, 6.45) is 0. The zero-order valence-electron chi connectivity index (χ0n) is 17.1. The lowest BCUT2D eigenvalue weighted by atomic mass is 10.2. The molecule has 0 aliphatic heterocycles. The van der Waals surface area contributed by atoms with Gasteiger partial charge in [-0.25, -0.2) is 4.79 Å². The van der Waals surface area contributed by atoms with Crippen LogP contribution in [0.3, 0.4) is 0 Å². The highest BCUT2D eigenvalue weighted by Crippen LogP contribution is 2.31. The molecule has 0 spiro atoms. The number of hydrogen-bond acceptors (Lipinski definition) is 5. The maximum absolute atomic E-state index is 12.3. The van der Waals surface area contributed by atoms with Gasteiger partial charge in [-0.2, -0.15) is 0 Å². The summed E-state index contributed by atoms with van der Waals surface area (Å²) in [6, 6.07) is 19.5. The largest absolute Gasteiger partial charge is 0.497 e. The second-order valence-electron chi connectivity index (χ2n) is 6.26. The van der Waals surface area contributed by atoms with Crippen molar-refractivity contribution >= 4 is 11.7 Å². The van der Waals surface area contributed by atoms with Gasteiger partial charge in [-0.1, -0.05) is 12.1 Å². The van der Waals surface area contributed by atoms with E-state index >= 15 is 0 Å². The van der Waals surface area contributed by atoms with E-state index in [0.29, 0.717) is 41.0 Å². The Morgan fingerprint density at radius 1 is 0.767 bits per heavy atom. The van der Waals surface area contributed by atoms with Crippen molar-refractivity contribution < 1.29 is 23.7 Å². The molecular weight excluding hydrogens is 384 g/mol. The van der Waals surface area contributed by atoms with E-state index in [1.54, 1.807) is 57.7 Å². The minimum absolute atomic E-state index is 0.293. The molecule has 3 aromatic rings. The number of ether oxygens (including phenoxy) is 4. The minimum atomic E-state index is -0.335. The van der Waals surface area contributed by atoms with Crippen LogP contribution in [0.4, 0.5) is 10.5 Å².